The molecule has 1 unspecified atom stereocenters. The third-order valence-corrected chi connectivity index (χ3v) is 1.19. The monoisotopic (exact) mass is 161 g/mol. The van der Waals surface area contributed by atoms with Crippen LogP contribution in [0.3, 0.4) is 0 Å². The Labute approximate surface area is 66.7 Å². The fourth-order valence-corrected chi connectivity index (χ4v) is 0.655. The number of ether oxygens (including phenoxy) is 2. The highest BCUT2D eigenvalue weighted by Gasteiger charge is 2.29. The van der Waals surface area contributed by atoms with Crippen LogP contribution in [0, 0.1) is 0 Å². The zero-order valence-electron chi connectivity index (χ0n) is 7.22. The molecular weight excluding hydrogens is 146 g/mol. The molecule has 66 valence electrons. The molecule has 0 aliphatic rings. The van der Waals surface area contributed by atoms with Gasteiger partial charge in [-0.25, -0.2) is 4.79 Å². The molecule has 0 saturated heterocycles. The molecule has 4 heteroatoms. The molecule has 0 fully saturated rings. The third kappa shape index (κ3) is 3.34. The SMILES string of the molecule is CCOC(=O)C(C)(N)COC. The number of methoxy groups -OCH3 is 1. The van der Waals surface area contributed by atoms with Crippen LogP contribution < -0.4 is 5.73 Å². The fraction of sp³-hybridized carbons (Fsp3) is 0.857. The van der Waals surface area contributed by atoms with E-state index in [0.29, 0.717) is 6.61 Å². The summed E-state index contributed by atoms with van der Waals surface area (Å²) in [7, 11) is 1.49. The predicted molar refractivity (Wildman–Crippen MR) is 41.1 cm³/mol. The van der Waals surface area contributed by atoms with Crippen molar-refractivity contribution < 1.29 is 14.3 Å². The van der Waals surface area contributed by atoms with Gasteiger partial charge in [-0.2, -0.15) is 0 Å². The summed E-state index contributed by atoms with van der Waals surface area (Å²) in [5, 5.41) is 0. The van der Waals surface area contributed by atoms with Crippen LogP contribution >= 0.6 is 0 Å². The van der Waals surface area contributed by atoms with E-state index in [1.807, 2.05) is 0 Å². The highest BCUT2D eigenvalue weighted by atomic mass is 16.5. The lowest BCUT2D eigenvalue weighted by Crippen LogP contribution is -2.49. The summed E-state index contributed by atoms with van der Waals surface area (Å²) in [6.45, 7) is 3.83. The van der Waals surface area contributed by atoms with Gasteiger partial charge in [0.25, 0.3) is 0 Å². The van der Waals surface area contributed by atoms with E-state index in [1.54, 1.807) is 13.8 Å². The number of rotatable bonds is 4. The van der Waals surface area contributed by atoms with E-state index >= 15 is 0 Å². The van der Waals surface area contributed by atoms with Gasteiger partial charge >= 0.3 is 5.97 Å². The molecule has 0 rings (SSSR count). The van der Waals surface area contributed by atoms with Gasteiger partial charge < -0.3 is 15.2 Å². The van der Waals surface area contributed by atoms with Crippen molar-refractivity contribution in [3.8, 4) is 0 Å². The van der Waals surface area contributed by atoms with Crippen LogP contribution in [0.1, 0.15) is 13.8 Å². The van der Waals surface area contributed by atoms with Gasteiger partial charge in [0.2, 0.25) is 0 Å². The van der Waals surface area contributed by atoms with Gasteiger partial charge in [-0.15, -0.1) is 0 Å². The van der Waals surface area contributed by atoms with Crippen molar-refractivity contribution in [1.82, 2.24) is 0 Å². The number of nitrogens with two attached hydrogens (primary N) is 1. The summed E-state index contributed by atoms with van der Waals surface area (Å²) in [6.07, 6.45) is 0. The maximum Gasteiger partial charge on any atom is 0.328 e. The first-order valence-electron chi connectivity index (χ1n) is 3.49. The molecule has 2 N–H and O–H groups in total. The first-order valence-corrected chi connectivity index (χ1v) is 3.49. The molecule has 4 nitrogen and oxygen atoms in total. The lowest BCUT2D eigenvalue weighted by molar-refractivity contribution is -0.150. The number of esters is 1. The molecule has 11 heavy (non-hydrogen) atoms. The second-order valence-corrected chi connectivity index (χ2v) is 2.57. The Bertz CT molecular complexity index is 134. The molecule has 0 aromatic carbocycles. The number of hydrogen-bond acceptors (Lipinski definition) is 4. The van der Waals surface area contributed by atoms with Crippen molar-refractivity contribution in [2.45, 2.75) is 19.4 Å². The first kappa shape index (κ1) is 10.4. The Balaban J connectivity index is 3.94. The lowest BCUT2D eigenvalue weighted by atomic mass is 10.1. The van der Waals surface area contributed by atoms with Crippen LogP contribution in [-0.2, 0) is 14.3 Å². The van der Waals surface area contributed by atoms with E-state index in [9.17, 15) is 4.79 Å². The molecule has 0 aromatic rings. The number of carbonyl (C=O) groups excluding carboxylic acids is 1. The van der Waals surface area contributed by atoms with Gasteiger partial charge in [0, 0.05) is 7.11 Å². The Morgan fingerprint density at radius 2 is 2.18 bits per heavy atom. The standard InChI is InChI=1S/C7H15NO3/c1-4-11-6(9)7(2,8)5-10-3/h4-5,8H2,1-3H3. The fourth-order valence-electron chi connectivity index (χ4n) is 0.655. The van der Waals surface area contributed by atoms with Crippen LogP contribution in [0.4, 0.5) is 0 Å². The molecule has 0 saturated carbocycles. The van der Waals surface area contributed by atoms with E-state index in [4.69, 9.17) is 15.2 Å². The van der Waals surface area contributed by atoms with E-state index in [2.05, 4.69) is 0 Å². The van der Waals surface area contributed by atoms with Crippen LogP contribution in [0.5, 0.6) is 0 Å². The van der Waals surface area contributed by atoms with Crippen molar-refractivity contribution in [2.24, 2.45) is 5.73 Å². The quantitative estimate of drug-likeness (QED) is 0.585. The summed E-state index contributed by atoms with van der Waals surface area (Å²) in [5.74, 6) is -0.429. The number of hydrogen-bond donors (Lipinski definition) is 1. The highest BCUT2D eigenvalue weighted by Crippen LogP contribution is 2.02. The largest absolute Gasteiger partial charge is 0.465 e. The van der Waals surface area contributed by atoms with E-state index in [0.717, 1.165) is 0 Å². The molecule has 1 atom stereocenters. The van der Waals surface area contributed by atoms with Crippen molar-refractivity contribution in [3.05, 3.63) is 0 Å². The van der Waals surface area contributed by atoms with E-state index < -0.39 is 11.5 Å². The average Bonchev–Trinajstić information content (AvgIpc) is 1.88. The normalized spacial score (nSPS) is 15.6. The van der Waals surface area contributed by atoms with Gasteiger partial charge in [0.05, 0.1) is 13.2 Å². The van der Waals surface area contributed by atoms with Crippen LogP contribution in [0.25, 0.3) is 0 Å². The Kier molecular flexibility index (Phi) is 4.07. The second kappa shape index (κ2) is 4.31. The minimum absolute atomic E-state index is 0.172. The van der Waals surface area contributed by atoms with Crippen molar-refractivity contribution in [2.75, 3.05) is 20.3 Å². The summed E-state index contributed by atoms with van der Waals surface area (Å²) in [4.78, 5) is 11.0. The van der Waals surface area contributed by atoms with Gasteiger partial charge in [-0.3, -0.25) is 0 Å². The van der Waals surface area contributed by atoms with Gasteiger partial charge in [0.15, 0.2) is 0 Å². The lowest BCUT2D eigenvalue weighted by Gasteiger charge is -2.20. The van der Waals surface area contributed by atoms with Crippen molar-refractivity contribution >= 4 is 5.97 Å². The molecule has 0 spiro atoms. The average molecular weight is 161 g/mol. The van der Waals surface area contributed by atoms with E-state index in [-0.39, 0.29) is 6.61 Å². The Morgan fingerprint density at radius 3 is 2.55 bits per heavy atom. The molecule has 0 bridgehead atoms. The van der Waals surface area contributed by atoms with Gasteiger partial charge in [-0.1, -0.05) is 0 Å². The maximum atomic E-state index is 11.0. The van der Waals surface area contributed by atoms with Crippen molar-refractivity contribution in [3.63, 3.8) is 0 Å². The molecular formula is C7H15NO3. The maximum absolute atomic E-state index is 11.0. The smallest absolute Gasteiger partial charge is 0.328 e. The predicted octanol–water partition coefficient (Wildman–Crippen LogP) is -0.0867. The minimum atomic E-state index is -1.02. The summed E-state index contributed by atoms with van der Waals surface area (Å²) in [5.41, 5.74) is 4.53. The molecule has 0 amide bonds. The molecule has 0 heterocycles. The zero-order chi connectivity index (χ0) is 8.91. The molecule has 0 aliphatic carbocycles. The Hall–Kier alpha value is -0.610. The van der Waals surface area contributed by atoms with Crippen molar-refractivity contribution in [1.29, 1.82) is 0 Å². The number of carbonyl (C=O) groups is 1. The third-order valence-electron chi connectivity index (χ3n) is 1.19. The molecule has 0 aromatic heterocycles. The van der Waals surface area contributed by atoms with Gasteiger partial charge in [0.1, 0.15) is 5.54 Å². The van der Waals surface area contributed by atoms with Gasteiger partial charge in [-0.05, 0) is 13.8 Å². The van der Waals surface area contributed by atoms with E-state index in [1.165, 1.54) is 7.11 Å². The summed E-state index contributed by atoms with van der Waals surface area (Å²) < 4.78 is 9.46. The Morgan fingerprint density at radius 1 is 1.64 bits per heavy atom. The topological polar surface area (TPSA) is 61.5 Å². The minimum Gasteiger partial charge on any atom is -0.465 e. The molecule has 0 radical (unpaired) electrons. The zero-order valence-corrected chi connectivity index (χ0v) is 7.22. The van der Waals surface area contributed by atoms with Crippen LogP contribution in [0.2, 0.25) is 0 Å². The highest BCUT2D eigenvalue weighted by molar-refractivity contribution is 5.80. The molecule has 0 aliphatic heterocycles. The summed E-state index contributed by atoms with van der Waals surface area (Å²) >= 11 is 0. The van der Waals surface area contributed by atoms with Crippen LogP contribution in [-0.4, -0.2) is 31.8 Å². The summed E-state index contributed by atoms with van der Waals surface area (Å²) in [6, 6.07) is 0. The second-order valence-electron chi connectivity index (χ2n) is 2.57. The first-order chi connectivity index (χ1) is 5.04. The van der Waals surface area contributed by atoms with Crippen LogP contribution in [0.15, 0.2) is 0 Å².